The number of methoxy groups -OCH3 is 1. The standard InChI is InChI=1S/C31H40FN3O6S/c1-5-31(33-3)18-22-10-12-26(28(30(37)40-4)29(22)41-20-31)34-42(38,39)27-13-11-24(32)16-23(27)17-25(36)9-7-8-21-14-15-35(6-2)19-21/h10-13,16,21,34H,3,5-9,14-15,17-20H2,1-2,4H3. The second-order valence-electron chi connectivity index (χ2n) is 11.2. The summed E-state index contributed by atoms with van der Waals surface area (Å²) in [5, 5.41) is 0. The van der Waals surface area contributed by atoms with Crippen molar-refractivity contribution in [1.82, 2.24) is 4.90 Å². The Morgan fingerprint density at radius 3 is 2.71 bits per heavy atom. The number of hydrogen-bond donors (Lipinski definition) is 1. The molecule has 2 aliphatic rings. The van der Waals surface area contributed by atoms with Crippen molar-refractivity contribution in [1.29, 1.82) is 0 Å². The van der Waals surface area contributed by atoms with E-state index < -0.39 is 27.3 Å². The maximum Gasteiger partial charge on any atom is 0.343 e. The maximum absolute atomic E-state index is 14.2. The number of ketones is 1. The lowest BCUT2D eigenvalue weighted by molar-refractivity contribution is -0.118. The Morgan fingerprint density at radius 1 is 1.26 bits per heavy atom. The van der Waals surface area contributed by atoms with Gasteiger partial charge in [0.05, 0.1) is 23.2 Å². The van der Waals surface area contributed by atoms with Crippen LogP contribution < -0.4 is 9.46 Å². The third kappa shape index (κ3) is 7.00. The molecule has 4 rings (SSSR count). The van der Waals surface area contributed by atoms with Crippen molar-refractivity contribution in [3.05, 3.63) is 52.8 Å². The summed E-state index contributed by atoms with van der Waals surface area (Å²) in [4.78, 5) is 32.1. The number of ether oxygens (including phenoxy) is 2. The first-order chi connectivity index (χ1) is 20.0. The molecule has 1 fully saturated rings. The summed E-state index contributed by atoms with van der Waals surface area (Å²) >= 11 is 0. The van der Waals surface area contributed by atoms with Gasteiger partial charge in [-0.05, 0) is 86.8 Å². The number of Topliss-reactive ketones (excluding diaryl/α,β-unsaturated/α-hetero) is 1. The van der Waals surface area contributed by atoms with Gasteiger partial charge in [-0.1, -0.05) is 19.9 Å². The number of carbonyl (C=O) groups is 2. The van der Waals surface area contributed by atoms with Crippen LogP contribution >= 0.6 is 0 Å². The fraction of sp³-hybridized carbons (Fsp3) is 0.516. The van der Waals surface area contributed by atoms with E-state index in [2.05, 4.69) is 28.3 Å². The monoisotopic (exact) mass is 601 g/mol. The van der Waals surface area contributed by atoms with Gasteiger partial charge in [-0.2, -0.15) is 0 Å². The highest BCUT2D eigenvalue weighted by Crippen LogP contribution is 2.40. The maximum atomic E-state index is 14.2. The molecule has 1 saturated heterocycles. The van der Waals surface area contributed by atoms with Crippen molar-refractivity contribution in [2.45, 2.75) is 69.2 Å². The lowest BCUT2D eigenvalue weighted by Gasteiger charge is -2.34. The molecule has 0 amide bonds. The van der Waals surface area contributed by atoms with Gasteiger partial charge in [-0.15, -0.1) is 0 Å². The van der Waals surface area contributed by atoms with Gasteiger partial charge in [0.25, 0.3) is 10.0 Å². The van der Waals surface area contributed by atoms with Crippen LogP contribution in [-0.4, -0.2) is 70.7 Å². The van der Waals surface area contributed by atoms with Crippen LogP contribution in [0, 0.1) is 11.7 Å². The average Bonchev–Trinajstić information content (AvgIpc) is 3.44. The van der Waals surface area contributed by atoms with Gasteiger partial charge in [-0.3, -0.25) is 14.5 Å². The van der Waals surface area contributed by atoms with Crippen molar-refractivity contribution in [2.24, 2.45) is 10.9 Å². The van der Waals surface area contributed by atoms with Gasteiger partial charge in [0.1, 0.15) is 29.5 Å². The minimum absolute atomic E-state index is 0.0459. The molecule has 2 heterocycles. The van der Waals surface area contributed by atoms with E-state index in [-0.39, 0.29) is 46.3 Å². The van der Waals surface area contributed by atoms with Crippen LogP contribution in [0.5, 0.6) is 5.75 Å². The lowest BCUT2D eigenvalue weighted by Crippen LogP contribution is -2.39. The van der Waals surface area contributed by atoms with Gasteiger partial charge in [0.15, 0.2) is 0 Å². The van der Waals surface area contributed by atoms with Crippen LogP contribution in [0.1, 0.15) is 67.4 Å². The van der Waals surface area contributed by atoms with Crippen LogP contribution in [0.25, 0.3) is 0 Å². The number of carbonyl (C=O) groups excluding carboxylic acids is 2. The molecule has 0 saturated carbocycles. The van der Waals surface area contributed by atoms with Crippen molar-refractivity contribution < 1.29 is 31.9 Å². The first-order valence-corrected chi connectivity index (χ1v) is 15.9. The Kier molecular flexibility index (Phi) is 10.0. The van der Waals surface area contributed by atoms with Crippen molar-refractivity contribution in [3.8, 4) is 5.75 Å². The number of rotatable bonds is 13. The van der Waals surface area contributed by atoms with E-state index in [1.165, 1.54) is 13.2 Å². The normalized spacial score (nSPS) is 20.4. The van der Waals surface area contributed by atoms with Crippen LogP contribution in [0.2, 0.25) is 0 Å². The van der Waals surface area contributed by atoms with E-state index >= 15 is 0 Å². The molecule has 0 aliphatic carbocycles. The molecule has 0 spiro atoms. The zero-order valence-corrected chi connectivity index (χ0v) is 25.4. The van der Waals surface area contributed by atoms with Crippen LogP contribution in [-0.2, 0) is 32.4 Å². The lowest BCUT2D eigenvalue weighted by atomic mass is 9.86. The quantitative estimate of drug-likeness (QED) is 0.259. The Bertz CT molecular complexity index is 1450. The highest BCUT2D eigenvalue weighted by molar-refractivity contribution is 7.92. The van der Waals surface area contributed by atoms with Gasteiger partial charge in [0, 0.05) is 25.8 Å². The molecule has 2 aromatic rings. The number of sulfonamides is 1. The number of nitrogens with one attached hydrogen (secondary N) is 1. The van der Waals surface area contributed by atoms with Crippen LogP contribution in [0.4, 0.5) is 10.1 Å². The zero-order chi connectivity index (χ0) is 30.5. The summed E-state index contributed by atoms with van der Waals surface area (Å²) in [6.07, 6.45) is 3.95. The molecule has 2 aliphatic heterocycles. The smallest absolute Gasteiger partial charge is 0.343 e. The summed E-state index contributed by atoms with van der Waals surface area (Å²) in [7, 11) is -3.14. The molecule has 11 heteroatoms. The van der Waals surface area contributed by atoms with E-state index in [0.29, 0.717) is 37.2 Å². The number of fused-ring (bicyclic) bond motifs is 1. The highest BCUT2D eigenvalue weighted by atomic mass is 32.2. The number of esters is 1. The predicted molar refractivity (Wildman–Crippen MR) is 160 cm³/mol. The summed E-state index contributed by atoms with van der Waals surface area (Å²) < 4.78 is 54.9. The topological polar surface area (TPSA) is 114 Å². The summed E-state index contributed by atoms with van der Waals surface area (Å²) in [5.41, 5.74) is 0.0661. The Morgan fingerprint density at radius 2 is 2.05 bits per heavy atom. The van der Waals surface area contributed by atoms with E-state index in [4.69, 9.17) is 9.47 Å². The van der Waals surface area contributed by atoms with E-state index in [1.807, 2.05) is 6.92 Å². The van der Waals surface area contributed by atoms with Gasteiger partial charge in [-0.25, -0.2) is 17.6 Å². The molecule has 1 N–H and O–H groups in total. The summed E-state index contributed by atoms with van der Waals surface area (Å²) in [5.74, 6) is -0.805. The molecule has 228 valence electrons. The Labute approximate surface area is 247 Å². The second-order valence-corrected chi connectivity index (χ2v) is 12.8. The van der Waals surface area contributed by atoms with Crippen molar-refractivity contribution >= 4 is 34.2 Å². The van der Waals surface area contributed by atoms with E-state index in [9.17, 15) is 22.4 Å². The number of benzene rings is 2. The molecule has 9 nitrogen and oxygen atoms in total. The first-order valence-electron chi connectivity index (χ1n) is 14.4. The number of aliphatic imine (C=N–C) groups is 1. The van der Waals surface area contributed by atoms with E-state index in [1.54, 1.807) is 6.07 Å². The fourth-order valence-corrected chi connectivity index (χ4v) is 7.14. The molecule has 42 heavy (non-hydrogen) atoms. The molecular weight excluding hydrogens is 561 g/mol. The summed E-state index contributed by atoms with van der Waals surface area (Å²) in [6.45, 7) is 11.1. The Hall–Kier alpha value is -3.31. The number of likely N-dealkylation sites (tertiary alicyclic amines) is 1. The zero-order valence-electron chi connectivity index (χ0n) is 24.6. The first kappa shape index (κ1) is 31.6. The molecule has 2 atom stereocenters. The van der Waals surface area contributed by atoms with E-state index in [0.717, 1.165) is 50.7 Å². The molecule has 0 bridgehead atoms. The molecule has 0 aromatic heterocycles. The third-order valence-corrected chi connectivity index (χ3v) is 9.92. The largest absolute Gasteiger partial charge is 0.490 e. The van der Waals surface area contributed by atoms with Crippen molar-refractivity contribution in [3.63, 3.8) is 0 Å². The number of halogens is 1. The number of anilines is 1. The van der Waals surface area contributed by atoms with Gasteiger partial charge < -0.3 is 14.4 Å². The predicted octanol–water partition coefficient (Wildman–Crippen LogP) is 4.82. The third-order valence-electron chi connectivity index (χ3n) is 8.46. The second kappa shape index (κ2) is 13.3. The van der Waals surface area contributed by atoms with Crippen molar-refractivity contribution in [2.75, 3.05) is 38.1 Å². The SMILES string of the molecule is C=NC1(CC)COc2c(ccc(NS(=O)(=O)c3ccc(F)cc3CC(=O)CCCC3CCN(CC)C3)c2C(=O)OC)C1. The molecule has 2 unspecified atom stereocenters. The van der Waals surface area contributed by atoms with Crippen LogP contribution in [0.15, 0.2) is 40.2 Å². The van der Waals surface area contributed by atoms with Gasteiger partial charge >= 0.3 is 5.97 Å². The average molecular weight is 602 g/mol. The minimum atomic E-state index is -4.34. The highest BCUT2D eigenvalue weighted by Gasteiger charge is 2.37. The van der Waals surface area contributed by atoms with Crippen LogP contribution in [0.3, 0.4) is 0 Å². The fourth-order valence-electron chi connectivity index (χ4n) is 5.84. The molecular formula is C31H40FN3O6S. The van der Waals surface area contributed by atoms with Gasteiger partial charge in [0.2, 0.25) is 0 Å². The summed E-state index contributed by atoms with van der Waals surface area (Å²) in [6, 6.07) is 6.39. The number of hydrogen-bond acceptors (Lipinski definition) is 8. The molecule has 0 radical (unpaired) electrons. The Balaban J connectivity index is 1.54. The number of nitrogens with zero attached hydrogens (tertiary/aromatic N) is 2. The molecule has 2 aromatic carbocycles. The minimum Gasteiger partial charge on any atom is -0.490 e.